The molecule has 0 amide bonds. The zero-order chi connectivity index (χ0) is 11.6. The fourth-order valence-corrected chi connectivity index (χ4v) is 1.80. The van der Waals surface area contributed by atoms with Crippen molar-refractivity contribution in [1.82, 2.24) is 5.32 Å². The lowest BCUT2D eigenvalue weighted by atomic mass is 9.93. The van der Waals surface area contributed by atoms with E-state index in [0.717, 1.165) is 5.56 Å². The second-order valence-corrected chi connectivity index (χ2v) is 4.76. The van der Waals surface area contributed by atoms with Gasteiger partial charge in [0.15, 0.2) is 11.6 Å². The van der Waals surface area contributed by atoms with Crippen LogP contribution < -0.4 is 10.1 Å². The van der Waals surface area contributed by atoms with E-state index in [1.807, 2.05) is 27.0 Å². The standard InChI is InChI=1S/C11H15BrFNO/c1-11(2,14-3)8-5-7(12)6-9(13)10(8)15-4/h5-6,14H,1-4H3. The SMILES string of the molecule is CNC(C)(C)c1cc(Br)cc(F)c1OC. The van der Waals surface area contributed by atoms with Gasteiger partial charge in [-0.25, -0.2) is 4.39 Å². The Morgan fingerprint density at radius 3 is 2.47 bits per heavy atom. The molecule has 0 saturated carbocycles. The Kier molecular flexibility index (Phi) is 3.73. The van der Waals surface area contributed by atoms with Crippen LogP contribution in [0.1, 0.15) is 19.4 Å². The highest BCUT2D eigenvalue weighted by Crippen LogP contribution is 2.34. The molecule has 1 N–H and O–H groups in total. The third-order valence-corrected chi connectivity index (χ3v) is 2.97. The minimum Gasteiger partial charge on any atom is -0.493 e. The molecule has 0 bridgehead atoms. The van der Waals surface area contributed by atoms with Gasteiger partial charge in [0.05, 0.1) is 7.11 Å². The van der Waals surface area contributed by atoms with Crippen molar-refractivity contribution in [3.05, 3.63) is 28.0 Å². The summed E-state index contributed by atoms with van der Waals surface area (Å²) in [6.07, 6.45) is 0. The lowest BCUT2D eigenvalue weighted by molar-refractivity contribution is 0.353. The van der Waals surface area contributed by atoms with Gasteiger partial charge < -0.3 is 10.1 Å². The molecule has 0 aromatic heterocycles. The zero-order valence-electron chi connectivity index (χ0n) is 9.32. The van der Waals surface area contributed by atoms with Crippen molar-refractivity contribution >= 4 is 15.9 Å². The molecule has 1 aromatic carbocycles. The molecule has 0 atom stereocenters. The summed E-state index contributed by atoms with van der Waals surface area (Å²) in [6, 6.07) is 3.26. The minimum atomic E-state index is -0.356. The molecule has 0 fully saturated rings. The van der Waals surface area contributed by atoms with Gasteiger partial charge in [0.1, 0.15) is 0 Å². The van der Waals surface area contributed by atoms with Crippen molar-refractivity contribution in [2.24, 2.45) is 0 Å². The van der Waals surface area contributed by atoms with Gasteiger partial charge in [-0.2, -0.15) is 0 Å². The lowest BCUT2D eigenvalue weighted by Crippen LogP contribution is -2.33. The van der Waals surface area contributed by atoms with Crippen LogP contribution in [-0.2, 0) is 5.54 Å². The molecule has 0 heterocycles. The van der Waals surface area contributed by atoms with Crippen LogP contribution in [-0.4, -0.2) is 14.2 Å². The molecule has 0 saturated heterocycles. The van der Waals surface area contributed by atoms with Gasteiger partial charge in [0.2, 0.25) is 0 Å². The number of halogens is 2. The van der Waals surface area contributed by atoms with E-state index in [0.29, 0.717) is 4.47 Å². The topological polar surface area (TPSA) is 21.3 Å². The molecule has 4 heteroatoms. The summed E-state index contributed by atoms with van der Waals surface area (Å²) in [5.74, 6) is -0.0669. The molecule has 2 nitrogen and oxygen atoms in total. The van der Waals surface area contributed by atoms with Crippen LogP contribution >= 0.6 is 15.9 Å². The van der Waals surface area contributed by atoms with Gasteiger partial charge in [-0.15, -0.1) is 0 Å². The molecule has 0 aliphatic carbocycles. The molecule has 1 rings (SSSR count). The first kappa shape index (κ1) is 12.5. The summed E-state index contributed by atoms with van der Waals surface area (Å²) < 4.78 is 19.4. The smallest absolute Gasteiger partial charge is 0.166 e. The third kappa shape index (κ3) is 2.49. The largest absolute Gasteiger partial charge is 0.493 e. The second kappa shape index (κ2) is 4.49. The number of rotatable bonds is 3. The van der Waals surface area contributed by atoms with Gasteiger partial charge in [-0.3, -0.25) is 0 Å². The van der Waals surface area contributed by atoms with Gasteiger partial charge in [0, 0.05) is 15.6 Å². The Morgan fingerprint density at radius 1 is 1.40 bits per heavy atom. The molecule has 15 heavy (non-hydrogen) atoms. The van der Waals surface area contributed by atoms with Crippen LogP contribution in [0, 0.1) is 5.82 Å². The summed E-state index contributed by atoms with van der Waals surface area (Å²) in [5.41, 5.74) is 0.454. The summed E-state index contributed by atoms with van der Waals surface area (Å²) >= 11 is 3.27. The minimum absolute atomic E-state index is 0.289. The molecule has 84 valence electrons. The van der Waals surface area contributed by atoms with Crippen molar-refractivity contribution in [2.45, 2.75) is 19.4 Å². The molecule has 0 radical (unpaired) electrons. The van der Waals surface area contributed by atoms with Gasteiger partial charge in [-0.1, -0.05) is 15.9 Å². The van der Waals surface area contributed by atoms with Crippen LogP contribution in [0.2, 0.25) is 0 Å². The first-order valence-electron chi connectivity index (χ1n) is 4.65. The zero-order valence-corrected chi connectivity index (χ0v) is 10.9. The molecule has 0 spiro atoms. The number of methoxy groups -OCH3 is 1. The van der Waals surface area contributed by atoms with Crippen molar-refractivity contribution in [3.8, 4) is 5.75 Å². The molecular weight excluding hydrogens is 261 g/mol. The maximum Gasteiger partial charge on any atom is 0.166 e. The Bertz CT molecular complexity index is 366. The van der Waals surface area contributed by atoms with E-state index in [4.69, 9.17) is 4.74 Å². The van der Waals surface area contributed by atoms with Gasteiger partial charge >= 0.3 is 0 Å². The van der Waals surface area contributed by atoms with Crippen molar-refractivity contribution < 1.29 is 9.13 Å². The highest BCUT2D eigenvalue weighted by molar-refractivity contribution is 9.10. The lowest BCUT2D eigenvalue weighted by Gasteiger charge is -2.27. The van der Waals surface area contributed by atoms with Crippen LogP contribution in [0.3, 0.4) is 0 Å². The summed E-state index contributed by atoms with van der Waals surface area (Å²) in [7, 11) is 3.31. The fraction of sp³-hybridized carbons (Fsp3) is 0.455. The number of benzene rings is 1. The number of hydrogen-bond donors (Lipinski definition) is 1. The Labute approximate surface area is 98.0 Å². The normalized spacial score (nSPS) is 11.6. The highest BCUT2D eigenvalue weighted by Gasteiger charge is 2.25. The number of hydrogen-bond acceptors (Lipinski definition) is 2. The second-order valence-electron chi connectivity index (χ2n) is 3.84. The number of nitrogens with one attached hydrogen (secondary N) is 1. The molecule has 1 aromatic rings. The summed E-state index contributed by atoms with van der Waals surface area (Å²) in [4.78, 5) is 0. The first-order valence-corrected chi connectivity index (χ1v) is 5.44. The maximum absolute atomic E-state index is 13.6. The first-order chi connectivity index (χ1) is 6.92. The monoisotopic (exact) mass is 275 g/mol. The molecule has 0 unspecified atom stereocenters. The quantitative estimate of drug-likeness (QED) is 0.916. The molecule has 0 aliphatic heterocycles. The van der Waals surface area contributed by atoms with E-state index < -0.39 is 0 Å². The highest BCUT2D eigenvalue weighted by atomic mass is 79.9. The van der Waals surface area contributed by atoms with Crippen molar-refractivity contribution in [2.75, 3.05) is 14.2 Å². The van der Waals surface area contributed by atoms with Crippen molar-refractivity contribution in [3.63, 3.8) is 0 Å². The van der Waals surface area contributed by atoms with Crippen LogP contribution in [0.4, 0.5) is 4.39 Å². The van der Waals surface area contributed by atoms with Gasteiger partial charge in [0.25, 0.3) is 0 Å². The van der Waals surface area contributed by atoms with E-state index in [1.54, 1.807) is 0 Å². The molecule has 0 aliphatic rings. The Balaban J connectivity index is 3.39. The fourth-order valence-electron chi connectivity index (χ4n) is 1.37. The Hall–Kier alpha value is -0.610. The van der Waals surface area contributed by atoms with E-state index in [2.05, 4.69) is 21.2 Å². The van der Waals surface area contributed by atoms with Crippen molar-refractivity contribution in [1.29, 1.82) is 0 Å². The third-order valence-electron chi connectivity index (χ3n) is 2.51. The van der Waals surface area contributed by atoms with E-state index in [9.17, 15) is 4.39 Å². The van der Waals surface area contributed by atoms with Crippen LogP contribution in [0.25, 0.3) is 0 Å². The predicted molar refractivity (Wildman–Crippen MR) is 62.7 cm³/mol. The summed E-state index contributed by atoms with van der Waals surface area (Å²) in [6.45, 7) is 3.94. The molecular formula is C11H15BrFNO. The van der Waals surface area contributed by atoms with Gasteiger partial charge in [-0.05, 0) is 33.0 Å². The van der Waals surface area contributed by atoms with Crippen LogP contribution in [0.15, 0.2) is 16.6 Å². The summed E-state index contributed by atoms with van der Waals surface area (Å²) in [5, 5.41) is 3.12. The maximum atomic E-state index is 13.6. The average molecular weight is 276 g/mol. The van der Waals surface area contributed by atoms with E-state index in [1.165, 1.54) is 13.2 Å². The number of ether oxygens (including phenoxy) is 1. The van der Waals surface area contributed by atoms with E-state index in [-0.39, 0.29) is 17.1 Å². The Morgan fingerprint density at radius 2 is 2.00 bits per heavy atom. The van der Waals surface area contributed by atoms with E-state index >= 15 is 0 Å². The van der Waals surface area contributed by atoms with Crippen LogP contribution in [0.5, 0.6) is 5.75 Å². The average Bonchev–Trinajstić information content (AvgIpc) is 2.16. The predicted octanol–water partition coefficient (Wildman–Crippen LogP) is 3.05.